The van der Waals surface area contributed by atoms with Crippen LogP contribution in [0.3, 0.4) is 0 Å². The van der Waals surface area contributed by atoms with Crippen LogP contribution in [0.1, 0.15) is 45.4 Å². The predicted octanol–water partition coefficient (Wildman–Crippen LogP) is 3.51. The van der Waals surface area contributed by atoms with Crippen molar-refractivity contribution in [3.05, 3.63) is 30.1 Å². The Morgan fingerprint density at radius 1 is 1.29 bits per heavy atom. The summed E-state index contributed by atoms with van der Waals surface area (Å²) in [6, 6.07) is 7.54. The largest absolute Gasteiger partial charge is 0.326 e. The molecule has 0 spiro atoms. The highest BCUT2D eigenvalue weighted by Crippen LogP contribution is 2.20. The number of nitrogens with two attached hydrogens (primary N) is 1. The molecule has 1 amide bonds. The molecule has 2 rings (SSSR count). The van der Waals surface area contributed by atoms with Gasteiger partial charge in [-0.05, 0) is 37.1 Å². The molecule has 1 atom stereocenters. The third kappa shape index (κ3) is 5.32. The standard InChI is InChI=1S/C17H25N5O.ClH/c1-3-5-6-12(4-2)17(23)19-14-9-7-13(8-10-14)16-20-15(11-18)21-22-16;/h7-10,12H,3-6,11,18H2,1-2H3,(H,19,23)(H,20,21,22);1H. The average molecular weight is 352 g/mol. The number of H-pyrrole nitrogens is 1. The minimum atomic E-state index is 0. The average Bonchev–Trinajstić information content (AvgIpc) is 3.05. The number of nitrogens with zero attached hydrogens (tertiary/aromatic N) is 2. The van der Waals surface area contributed by atoms with Gasteiger partial charge in [-0.25, -0.2) is 4.98 Å². The van der Waals surface area contributed by atoms with Crippen molar-refractivity contribution >= 4 is 24.0 Å². The molecule has 132 valence electrons. The fourth-order valence-electron chi connectivity index (χ4n) is 2.43. The number of aromatic amines is 1. The first-order chi connectivity index (χ1) is 11.2. The Labute approximate surface area is 149 Å². The van der Waals surface area contributed by atoms with E-state index in [1.807, 2.05) is 24.3 Å². The molecule has 0 fully saturated rings. The van der Waals surface area contributed by atoms with Gasteiger partial charge in [0.1, 0.15) is 5.82 Å². The van der Waals surface area contributed by atoms with E-state index in [-0.39, 0.29) is 24.2 Å². The summed E-state index contributed by atoms with van der Waals surface area (Å²) in [5, 5.41) is 9.90. The van der Waals surface area contributed by atoms with Crippen molar-refractivity contribution in [2.24, 2.45) is 11.7 Å². The molecule has 0 saturated carbocycles. The Morgan fingerprint density at radius 2 is 2.00 bits per heavy atom. The second-order valence-corrected chi connectivity index (χ2v) is 5.62. The van der Waals surface area contributed by atoms with Gasteiger partial charge in [-0.2, -0.15) is 5.10 Å². The van der Waals surface area contributed by atoms with Crippen molar-refractivity contribution in [3.8, 4) is 11.4 Å². The number of carbonyl (C=O) groups is 1. The molecule has 1 aromatic carbocycles. The number of carbonyl (C=O) groups excluding carboxylic acids is 1. The zero-order valence-electron chi connectivity index (χ0n) is 14.2. The number of hydrogen-bond donors (Lipinski definition) is 3. The highest BCUT2D eigenvalue weighted by molar-refractivity contribution is 5.92. The molecule has 0 aliphatic carbocycles. The van der Waals surface area contributed by atoms with E-state index in [9.17, 15) is 4.79 Å². The maximum Gasteiger partial charge on any atom is 0.227 e. The van der Waals surface area contributed by atoms with E-state index in [0.29, 0.717) is 18.2 Å². The highest BCUT2D eigenvalue weighted by atomic mass is 35.5. The second-order valence-electron chi connectivity index (χ2n) is 5.62. The molecule has 1 unspecified atom stereocenters. The molecule has 1 aromatic heterocycles. The molecule has 0 aliphatic rings. The molecule has 6 nitrogen and oxygen atoms in total. The summed E-state index contributed by atoms with van der Waals surface area (Å²) in [6.07, 6.45) is 4.00. The van der Waals surface area contributed by atoms with E-state index in [2.05, 4.69) is 34.3 Å². The maximum atomic E-state index is 12.3. The molecule has 0 saturated heterocycles. The lowest BCUT2D eigenvalue weighted by molar-refractivity contribution is -0.120. The monoisotopic (exact) mass is 351 g/mol. The second kappa shape index (κ2) is 10.1. The summed E-state index contributed by atoms with van der Waals surface area (Å²) in [5.41, 5.74) is 7.20. The van der Waals surface area contributed by atoms with Gasteiger partial charge in [0, 0.05) is 17.2 Å². The van der Waals surface area contributed by atoms with Gasteiger partial charge in [0.2, 0.25) is 5.91 Å². The van der Waals surface area contributed by atoms with Crippen LogP contribution >= 0.6 is 12.4 Å². The van der Waals surface area contributed by atoms with Gasteiger partial charge in [0.15, 0.2) is 5.82 Å². The minimum Gasteiger partial charge on any atom is -0.326 e. The Morgan fingerprint density at radius 3 is 2.54 bits per heavy atom. The first kappa shape index (κ1) is 20.1. The number of amides is 1. The summed E-state index contributed by atoms with van der Waals surface area (Å²) >= 11 is 0. The SMILES string of the molecule is CCCCC(CC)C(=O)Nc1ccc(-c2n[nH]c(CN)n2)cc1.Cl. The normalized spacial score (nSPS) is 11.6. The molecule has 1 heterocycles. The Bertz CT molecular complexity index is 626. The van der Waals surface area contributed by atoms with Crippen molar-refractivity contribution < 1.29 is 4.79 Å². The minimum absolute atomic E-state index is 0. The number of anilines is 1. The van der Waals surface area contributed by atoms with E-state index in [0.717, 1.165) is 36.9 Å². The summed E-state index contributed by atoms with van der Waals surface area (Å²) in [6.45, 7) is 4.53. The Hall–Kier alpha value is -1.92. The summed E-state index contributed by atoms with van der Waals surface area (Å²) in [5.74, 6) is 1.43. The van der Waals surface area contributed by atoms with Gasteiger partial charge in [-0.3, -0.25) is 9.89 Å². The molecular formula is C17H26ClN5O. The van der Waals surface area contributed by atoms with Gasteiger partial charge < -0.3 is 11.1 Å². The molecule has 2 aromatic rings. The van der Waals surface area contributed by atoms with Crippen molar-refractivity contribution in [2.75, 3.05) is 5.32 Å². The van der Waals surface area contributed by atoms with Crippen LogP contribution in [0.25, 0.3) is 11.4 Å². The molecule has 0 bridgehead atoms. The lowest BCUT2D eigenvalue weighted by Crippen LogP contribution is -2.22. The summed E-state index contributed by atoms with van der Waals surface area (Å²) in [4.78, 5) is 16.6. The molecule has 4 N–H and O–H groups in total. The maximum absolute atomic E-state index is 12.3. The third-order valence-corrected chi connectivity index (χ3v) is 3.91. The van der Waals surface area contributed by atoms with Crippen LogP contribution < -0.4 is 11.1 Å². The van der Waals surface area contributed by atoms with Crippen LogP contribution in [-0.2, 0) is 11.3 Å². The molecule has 7 heteroatoms. The van der Waals surface area contributed by atoms with E-state index in [4.69, 9.17) is 5.73 Å². The lowest BCUT2D eigenvalue weighted by Gasteiger charge is -2.14. The van der Waals surface area contributed by atoms with E-state index in [1.54, 1.807) is 0 Å². The fourth-order valence-corrected chi connectivity index (χ4v) is 2.43. The quantitative estimate of drug-likeness (QED) is 0.678. The van der Waals surface area contributed by atoms with Gasteiger partial charge >= 0.3 is 0 Å². The Balaban J connectivity index is 0.00000288. The zero-order valence-corrected chi connectivity index (χ0v) is 15.0. The number of nitrogens with one attached hydrogen (secondary N) is 2. The van der Waals surface area contributed by atoms with E-state index in [1.165, 1.54) is 0 Å². The van der Waals surface area contributed by atoms with Crippen LogP contribution in [0.15, 0.2) is 24.3 Å². The lowest BCUT2D eigenvalue weighted by atomic mass is 9.98. The van der Waals surface area contributed by atoms with Gasteiger partial charge in [-0.15, -0.1) is 12.4 Å². The number of benzene rings is 1. The molecule has 0 radical (unpaired) electrons. The Kier molecular flexibility index (Phi) is 8.43. The number of unbranched alkanes of at least 4 members (excludes halogenated alkanes) is 1. The van der Waals surface area contributed by atoms with Crippen molar-refractivity contribution in [1.29, 1.82) is 0 Å². The first-order valence-corrected chi connectivity index (χ1v) is 8.20. The van der Waals surface area contributed by atoms with E-state index >= 15 is 0 Å². The molecule has 0 aliphatic heterocycles. The van der Waals surface area contributed by atoms with Crippen LogP contribution in [-0.4, -0.2) is 21.1 Å². The van der Waals surface area contributed by atoms with Crippen molar-refractivity contribution in [2.45, 2.75) is 46.1 Å². The van der Waals surface area contributed by atoms with Crippen LogP contribution in [0.5, 0.6) is 0 Å². The zero-order chi connectivity index (χ0) is 16.7. The van der Waals surface area contributed by atoms with Gasteiger partial charge in [-0.1, -0.05) is 26.7 Å². The highest BCUT2D eigenvalue weighted by Gasteiger charge is 2.16. The first-order valence-electron chi connectivity index (χ1n) is 8.20. The number of rotatable bonds is 8. The van der Waals surface area contributed by atoms with Crippen molar-refractivity contribution in [3.63, 3.8) is 0 Å². The van der Waals surface area contributed by atoms with E-state index < -0.39 is 0 Å². The molecular weight excluding hydrogens is 326 g/mol. The smallest absolute Gasteiger partial charge is 0.227 e. The third-order valence-electron chi connectivity index (χ3n) is 3.91. The number of hydrogen-bond acceptors (Lipinski definition) is 4. The topological polar surface area (TPSA) is 96.7 Å². The fraction of sp³-hybridized carbons (Fsp3) is 0.471. The van der Waals surface area contributed by atoms with Crippen LogP contribution in [0, 0.1) is 5.92 Å². The molecule has 24 heavy (non-hydrogen) atoms. The number of aromatic nitrogens is 3. The van der Waals surface area contributed by atoms with Gasteiger partial charge in [0.25, 0.3) is 0 Å². The van der Waals surface area contributed by atoms with Crippen LogP contribution in [0.2, 0.25) is 0 Å². The predicted molar refractivity (Wildman–Crippen MR) is 98.9 cm³/mol. The summed E-state index contributed by atoms with van der Waals surface area (Å²) in [7, 11) is 0. The van der Waals surface area contributed by atoms with Crippen LogP contribution in [0.4, 0.5) is 5.69 Å². The van der Waals surface area contributed by atoms with Gasteiger partial charge in [0.05, 0.1) is 6.54 Å². The summed E-state index contributed by atoms with van der Waals surface area (Å²) < 4.78 is 0. The van der Waals surface area contributed by atoms with Crippen molar-refractivity contribution in [1.82, 2.24) is 15.2 Å². The number of halogens is 1.